The van der Waals surface area contributed by atoms with Gasteiger partial charge in [-0.15, -0.1) is 0 Å². The number of hydrogen-bond acceptors (Lipinski definition) is 10. The molecule has 0 aliphatic rings. The van der Waals surface area contributed by atoms with E-state index in [1.54, 1.807) is 0 Å². The summed E-state index contributed by atoms with van der Waals surface area (Å²) in [5, 5.41) is 9.77. The fourth-order valence-corrected chi connectivity index (χ4v) is 8.53. The Morgan fingerprint density at radius 2 is 0.750 bits per heavy atom. The Morgan fingerprint density at radius 3 is 1.16 bits per heavy atom. The second-order valence-electron chi connectivity index (χ2n) is 18.7. The highest BCUT2D eigenvalue weighted by Crippen LogP contribution is 2.43. The molecule has 0 aliphatic heterocycles. The largest absolute Gasteiger partial charge is 0.472 e. The lowest BCUT2D eigenvalue weighted by Crippen LogP contribution is -2.30. The molecule has 3 unspecified atom stereocenters. The third kappa shape index (κ3) is 48.7. The van der Waals surface area contributed by atoms with Gasteiger partial charge >= 0.3 is 25.7 Å². The molecule has 0 saturated carbocycles. The van der Waals surface area contributed by atoms with E-state index in [4.69, 9.17) is 23.3 Å². The van der Waals surface area contributed by atoms with Crippen molar-refractivity contribution >= 4 is 25.7 Å². The van der Waals surface area contributed by atoms with Gasteiger partial charge in [-0.05, 0) is 70.6 Å². The van der Waals surface area contributed by atoms with Gasteiger partial charge < -0.3 is 24.2 Å². The van der Waals surface area contributed by atoms with Gasteiger partial charge in [0.15, 0.2) is 6.10 Å². The molecule has 68 heavy (non-hydrogen) atoms. The third-order valence-electron chi connectivity index (χ3n) is 12.0. The van der Waals surface area contributed by atoms with Crippen molar-refractivity contribution < 1.29 is 52.2 Å². The van der Waals surface area contributed by atoms with Crippen molar-refractivity contribution in [2.24, 2.45) is 0 Å². The minimum atomic E-state index is -4.74. The normalized spacial score (nSPS) is 13.7. The smallest absolute Gasteiger partial charge is 0.462 e. The molecule has 0 saturated heterocycles. The van der Waals surface area contributed by atoms with Crippen LogP contribution in [0.1, 0.15) is 265 Å². The number of carbonyl (C=O) groups is 3. The number of phosphoric ester groups is 1. The summed E-state index contributed by atoms with van der Waals surface area (Å²) < 4.78 is 39.4. The molecule has 0 radical (unpaired) electrons. The van der Waals surface area contributed by atoms with Gasteiger partial charge in [0, 0.05) is 19.3 Å². The quantitative estimate of drug-likeness (QED) is 0.0197. The maximum Gasteiger partial charge on any atom is 0.472 e. The summed E-state index contributed by atoms with van der Waals surface area (Å²) >= 11 is 0. The first-order chi connectivity index (χ1) is 33.2. The van der Waals surface area contributed by atoms with Crippen LogP contribution < -0.4 is 0 Å². The molecule has 2 N–H and O–H groups in total. The van der Waals surface area contributed by atoms with Crippen molar-refractivity contribution in [2.45, 2.75) is 277 Å². The van der Waals surface area contributed by atoms with E-state index in [1.807, 2.05) is 0 Å². The maximum absolute atomic E-state index is 12.9. The Bertz CT molecular complexity index is 1280. The fraction of sp³-hybridized carbons (Fsp3) is 0.839. The minimum Gasteiger partial charge on any atom is -0.462 e. The van der Waals surface area contributed by atoms with Crippen molar-refractivity contribution in [2.75, 3.05) is 26.4 Å². The zero-order chi connectivity index (χ0) is 49.9. The number of ether oxygens (including phenoxy) is 3. The van der Waals surface area contributed by atoms with Crippen molar-refractivity contribution in [3.63, 3.8) is 0 Å². The van der Waals surface area contributed by atoms with Crippen LogP contribution in [0.25, 0.3) is 0 Å². The van der Waals surface area contributed by atoms with E-state index < -0.39 is 57.8 Å². The summed E-state index contributed by atoms with van der Waals surface area (Å²) in [6.45, 7) is 4.57. The molecule has 0 bridgehead atoms. The average Bonchev–Trinajstić information content (AvgIpc) is 3.32. The zero-order valence-electron chi connectivity index (χ0n) is 43.8. The lowest BCUT2D eigenvalue weighted by molar-refractivity contribution is -0.161. The molecule has 0 aromatic carbocycles. The van der Waals surface area contributed by atoms with Gasteiger partial charge in [-0.3, -0.25) is 23.4 Å². The van der Waals surface area contributed by atoms with Crippen LogP contribution in [0.5, 0.6) is 0 Å². The number of phosphoric acid groups is 1. The van der Waals surface area contributed by atoms with E-state index in [0.717, 1.165) is 96.3 Å². The molecule has 3 atom stereocenters. The van der Waals surface area contributed by atoms with Crippen molar-refractivity contribution in [3.05, 3.63) is 36.5 Å². The Balaban J connectivity index is 4.71. The van der Waals surface area contributed by atoms with Crippen molar-refractivity contribution in [1.29, 1.82) is 0 Å². The van der Waals surface area contributed by atoms with Gasteiger partial charge in [-0.25, -0.2) is 4.57 Å². The topological polar surface area (TPSA) is 155 Å². The number of unbranched alkanes of at least 4 members (excludes halogenated alkanes) is 29. The van der Waals surface area contributed by atoms with Crippen LogP contribution in [0.15, 0.2) is 36.5 Å². The molecule has 398 valence electrons. The predicted octanol–water partition coefficient (Wildman–Crippen LogP) is 16.0. The maximum atomic E-state index is 12.9. The van der Waals surface area contributed by atoms with E-state index in [-0.39, 0.29) is 25.9 Å². The summed E-state index contributed by atoms with van der Waals surface area (Å²) in [6.07, 6.45) is 51.1. The van der Waals surface area contributed by atoms with Gasteiger partial charge in [0.05, 0.1) is 19.8 Å². The third-order valence-corrected chi connectivity index (χ3v) is 13.0. The summed E-state index contributed by atoms with van der Waals surface area (Å²) in [6, 6.07) is 0. The number of esters is 3. The van der Waals surface area contributed by atoms with Crippen molar-refractivity contribution in [1.82, 2.24) is 0 Å². The molecular formula is C56H103O11P. The first-order valence-electron chi connectivity index (χ1n) is 27.9. The fourth-order valence-electron chi connectivity index (χ4n) is 7.74. The van der Waals surface area contributed by atoms with E-state index in [9.17, 15) is 28.9 Å². The lowest BCUT2D eigenvalue weighted by atomic mass is 10.1. The summed E-state index contributed by atoms with van der Waals surface area (Å²) in [5.74, 6) is -1.47. The molecule has 0 heterocycles. The second kappa shape index (κ2) is 51.1. The predicted molar refractivity (Wildman–Crippen MR) is 279 cm³/mol. The summed E-state index contributed by atoms with van der Waals surface area (Å²) in [4.78, 5) is 48.4. The molecule has 12 heteroatoms. The van der Waals surface area contributed by atoms with E-state index >= 15 is 0 Å². The van der Waals surface area contributed by atoms with Crippen LogP contribution in [0.4, 0.5) is 0 Å². The van der Waals surface area contributed by atoms with Gasteiger partial charge in [0.1, 0.15) is 12.7 Å². The SMILES string of the molecule is CCC/C=C\C/C=C\CCCCCCCC(=O)OC(COC(=O)CCCCCCCCC/C=C\CCCCCCCC)COP(=O)(O)OCC(CO)OC(=O)CCCCCCCCCCCCC. The highest BCUT2D eigenvalue weighted by atomic mass is 31.2. The van der Waals surface area contributed by atoms with Crippen LogP contribution >= 0.6 is 7.82 Å². The first kappa shape index (κ1) is 65.7. The van der Waals surface area contributed by atoms with Crippen molar-refractivity contribution in [3.8, 4) is 0 Å². The number of carbonyl (C=O) groups excluding carboxylic acids is 3. The number of hydrogen-bond donors (Lipinski definition) is 2. The highest BCUT2D eigenvalue weighted by Gasteiger charge is 2.28. The molecule has 0 rings (SSSR count). The molecule has 0 amide bonds. The second-order valence-corrected chi connectivity index (χ2v) is 20.2. The highest BCUT2D eigenvalue weighted by molar-refractivity contribution is 7.47. The molecule has 0 aliphatic carbocycles. The Kier molecular flexibility index (Phi) is 49.3. The average molecular weight is 983 g/mol. The number of allylic oxidation sites excluding steroid dienone is 6. The van der Waals surface area contributed by atoms with Gasteiger partial charge in [-0.2, -0.15) is 0 Å². The molecule has 11 nitrogen and oxygen atoms in total. The van der Waals surface area contributed by atoms with Crippen LogP contribution in [0.3, 0.4) is 0 Å². The Labute approximate surface area is 416 Å². The van der Waals surface area contributed by atoms with Gasteiger partial charge in [0.2, 0.25) is 0 Å². The van der Waals surface area contributed by atoms with Gasteiger partial charge in [-0.1, -0.05) is 211 Å². The van der Waals surface area contributed by atoms with Crippen LogP contribution in [0.2, 0.25) is 0 Å². The Hall–Kier alpha value is -2.30. The molecule has 0 fully saturated rings. The zero-order valence-corrected chi connectivity index (χ0v) is 44.7. The summed E-state index contributed by atoms with van der Waals surface area (Å²) in [7, 11) is -4.74. The van der Waals surface area contributed by atoms with Gasteiger partial charge in [0.25, 0.3) is 0 Å². The van der Waals surface area contributed by atoms with E-state index in [1.165, 1.54) is 109 Å². The molecule has 0 aromatic rings. The standard InChI is InChI=1S/C56H103O11P/c1-4-7-10-13-16-19-22-24-25-26-27-29-31-33-36-39-42-45-54(58)63-49-53(67-56(60)47-44-41-38-35-32-28-23-20-17-14-11-8-5-2)51-65-68(61,62)64-50-52(48-57)66-55(59)46-43-40-37-34-30-21-18-15-12-9-6-3/h11,14,20,23-25,52-53,57H,4-10,12-13,15-19,21-22,26-51H2,1-3H3,(H,61,62)/b14-11-,23-20-,25-24-. The minimum absolute atomic E-state index is 0.153. The van der Waals surface area contributed by atoms with Crippen LogP contribution in [-0.4, -0.2) is 66.5 Å². The Morgan fingerprint density at radius 1 is 0.412 bits per heavy atom. The number of aliphatic hydroxyl groups is 1. The van der Waals surface area contributed by atoms with E-state index in [0.29, 0.717) is 19.3 Å². The lowest BCUT2D eigenvalue weighted by Gasteiger charge is -2.21. The monoisotopic (exact) mass is 983 g/mol. The number of rotatable bonds is 52. The van der Waals surface area contributed by atoms with Crippen LogP contribution in [-0.2, 0) is 42.2 Å². The van der Waals surface area contributed by atoms with E-state index in [2.05, 4.69) is 57.2 Å². The number of aliphatic hydroxyl groups excluding tert-OH is 1. The molecular weight excluding hydrogens is 880 g/mol. The van der Waals surface area contributed by atoms with Crippen LogP contribution in [0, 0.1) is 0 Å². The summed E-state index contributed by atoms with van der Waals surface area (Å²) in [5.41, 5.74) is 0. The molecule has 0 aromatic heterocycles. The first-order valence-corrected chi connectivity index (χ1v) is 29.4. The molecule has 0 spiro atoms.